The number of rotatable bonds is 6. The second-order valence-electron chi connectivity index (χ2n) is 5.71. The van der Waals surface area contributed by atoms with Crippen molar-refractivity contribution in [1.82, 2.24) is 4.98 Å². The number of hydrogen-bond acceptors (Lipinski definition) is 4. The maximum Gasteiger partial charge on any atom is 0.257 e. The topological polar surface area (TPSA) is 63.2 Å². The quantitative estimate of drug-likeness (QED) is 0.643. The zero-order valence-corrected chi connectivity index (χ0v) is 15.3. The van der Waals surface area contributed by atoms with Crippen LogP contribution in [0.1, 0.15) is 15.9 Å². The number of nitrogens with one attached hydrogen (secondary N) is 2. The lowest BCUT2D eigenvalue weighted by Gasteiger charge is -2.11. The molecular formula is C20H17ClFN3O2. The third-order valence-electron chi connectivity index (χ3n) is 3.85. The third kappa shape index (κ3) is 4.74. The molecule has 0 saturated heterocycles. The number of hydrogen-bond donors (Lipinski definition) is 2. The molecule has 0 saturated carbocycles. The molecular weight excluding hydrogens is 369 g/mol. The Hall–Kier alpha value is -3.12. The van der Waals surface area contributed by atoms with Crippen LogP contribution < -0.4 is 15.4 Å². The van der Waals surface area contributed by atoms with Crippen molar-refractivity contribution in [3.8, 4) is 5.75 Å². The molecule has 0 fully saturated rings. The number of para-hydroxylation sites is 1. The van der Waals surface area contributed by atoms with Crippen LogP contribution in [0.4, 0.5) is 15.8 Å². The Morgan fingerprint density at radius 1 is 1.15 bits per heavy atom. The van der Waals surface area contributed by atoms with Crippen LogP contribution in [0.5, 0.6) is 5.75 Å². The van der Waals surface area contributed by atoms with Crippen LogP contribution in [0.2, 0.25) is 5.02 Å². The molecule has 1 aromatic heterocycles. The average Bonchev–Trinajstić information content (AvgIpc) is 2.69. The number of aromatic nitrogens is 1. The van der Waals surface area contributed by atoms with Gasteiger partial charge in [-0.25, -0.2) is 4.39 Å². The van der Waals surface area contributed by atoms with E-state index in [9.17, 15) is 9.18 Å². The average molecular weight is 386 g/mol. The predicted octanol–water partition coefficient (Wildman–Crippen LogP) is 4.75. The highest BCUT2D eigenvalue weighted by Crippen LogP contribution is 2.21. The Morgan fingerprint density at radius 2 is 1.96 bits per heavy atom. The molecule has 27 heavy (non-hydrogen) atoms. The van der Waals surface area contributed by atoms with Crippen LogP contribution >= 0.6 is 11.6 Å². The first-order valence-corrected chi connectivity index (χ1v) is 8.52. The fourth-order valence-corrected chi connectivity index (χ4v) is 2.66. The summed E-state index contributed by atoms with van der Waals surface area (Å²) in [6, 6.07) is 13.3. The lowest BCUT2D eigenvalue weighted by atomic mass is 10.2. The van der Waals surface area contributed by atoms with Gasteiger partial charge < -0.3 is 15.4 Å². The van der Waals surface area contributed by atoms with Crippen molar-refractivity contribution >= 4 is 28.9 Å². The largest absolute Gasteiger partial charge is 0.496 e. The van der Waals surface area contributed by atoms with Crippen molar-refractivity contribution < 1.29 is 13.9 Å². The number of amides is 1. The van der Waals surface area contributed by atoms with Gasteiger partial charge in [0.2, 0.25) is 0 Å². The van der Waals surface area contributed by atoms with E-state index < -0.39 is 5.82 Å². The molecule has 1 heterocycles. The van der Waals surface area contributed by atoms with Gasteiger partial charge in [-0.15, -0.1) is 0 Å². The molecule has 0 unspecified atom stereocenters. The van der Waals surface area contributed by atoms with E-state index in [1.54, 1.807) is 19.4 Å². The molecule has 0 spiro atoms. The van der Waals surface area contributed by atoms with Crippen LogP contribution in [0.25, 0.3) is 0 Å². The van der Waals surface area contributed by atoms with Gasteiger partial charge in [0.05, 0.1) is 23.4 Å². The Kier molecular flexibility index (Phi) is 5.88. The maximum atomic E-state index is 13.2. The lowest BCUT2D eigenvalue weighted by molar-refractivity contribution is 0.102. The van der Waals surface area contributed by atoms with E-state index >= 15 is 0 Å². The van der Waals surface area contributed by atoms with Crippen molar-refractivity contribution in [1.29, 1.82) is 0 Å². The minimum atomic E-state index is -0.543. The van der Waals surface area contributed by atoms with Gasteiger partial charge >= 0.3 is 0 Å². The van der Waals surface area contributed by atoms with Crippen LogP contribution in [-0.4, -0.2) is 18.0 Å². The molecule has 0 atom stereocenters. The normalized spacial score (nSPS) is 10.3. The first-order valence-electron chi connectivity index (χ1n) is 8.14. The van der Waals surface area contributed by atoms with E-state index in [1.807, 2.05) is 24.3 Å². The molecule has 138 valence electrons. The summed E-state index contributed by atoms with van der Waals surface area (Å²) in [6.07, 6.45) is 3.08. The number of nitrogens with zero attached hydrogens (tertiary/aromatic N) is 1. The summed E-state index contributed by atoms with van der Waals surface area (Å²) in [5, 5.41) is 5.83. The van der Waals surface area contributed by atoms with Gasteiger partial charge in [-0.2, -0.15) is 0 Å². The molecule has 0 aliphatic carbocycles. The summed E-state index contributed by atoms with van der Waals surface area (Å²) in [5.41, 5.74) is 2.43. The predicted molar refractivity (Wildman–Crippen MR) is 104 cm³/mol. The minimum absolute atomic E-state index is 0.0573. The van der Waals surface area contributed by atoms with Gasteiger partial charge in [0.1, 0.15) is 11.6 Å². The number of halogens is 2. The number of carbonyl (C=O) groups excluding carboxylic acids is 1. The van der Waals surface area contributed by atoms with Gasteiger partial charge in [-0.3, -0.25) is 9.78 Å². The zero-order chi connectivity index (χ0) is 19.2. The second-order valence-corrected chi connectivity index (χ2v) is 6.12. The molecule has 2 aromatic carbocycles. The summed E-state index contributed by atoms with van der Waals surface area (Å²) in [4.78, 5) is 16.5. The number of carbonyl (C=O) groups is 1. The molecule has 7 heteroatoms. The SMILES string of the molecule is COc1ccccc1CNc1cncc(C(=O)Nc2ccc(F)c(Cl)c2)c1. The zero-order valence-electron chi connectivity index (χ0n) is 14.5. The van der Waals surface area contributed by atoms with E-state index in [1.165, 1.54) is 24.4 Å². The van der Waals surface area contributed by atoms with E-state index in [0.29, 0.717) is 23.5 Å². The van der Waals surface area contributed by atoms with E-state index in [2.05, 4.69) is 15.6 Å². The summed E-state index contributed by atoms with van der Waals surface area (Å²) in [6.45, 7) is 0.518. The Morgan fingerprint density at radius 3 is 2.74 bits per heavy atom. The Balaban J connectivity index is 1.69. The summed E-state index contributed by atoms with van der Waals surface area (Å²) >= 11 is 5.73. The first kappa shape index (κ1) is 18.7. The van der Waals surface area contributed by atoms with Gasteiger partial charge in [0.25, 0.3) is 5.91 Å². The fourth-order valence-electron chi connectivity index (χ4n) is 2.48. The highest BCUT2D eigenvalue weighted by Gasteiger charge is 2.10. The minimum Gasteiger partial charge on any atom is -0.496 e. The smallest absolute Gasteiger partial charge is 0.257 e. The summed E-state index contributed by atoms with van der Waals surface area (Å²) in [5.74, 6) is -0.134. The van der Waals surface area contributed by atoms with E-state index in [4.69, 9.17) is 16.3 Å². The van der Waals surface area contributed by atoms with Crippen LogP contribution in [-0.2, 0) is 6.54 Å². The van der Waals surface area contributed by atoms with E-state index in [0.717, 1.165) is 11.3 Å². The maximum absolute atomic E-state index is 13.2. The summed E-state index contributed by atoms with van der Waals surface area (Å²) < 4.78 is 18.5. The number of anilines is 2. The molecule has 0 aliphatic heterocycles. The number of benzene rings is 2. The van der Waals surface area contributed by atoms with Crippen molar-refractivity contribution in [3.63, 3.8) is 0 Å². The molecule has 1 amide bonds. The lowest BCUT2D eigenvalue weighted by Crippen LogP contribution is -2.13. The fraction of sp³-hybridized carbons (Fsp3) is 0.100. The van der Waals surface area contributed by atoms with Crippen LogP contribution in [0, 0.1) is 5.82 Å². The molecule has 3 aromatic rings. The monoisotopic (exact) mass is 385 g/mol. The standard InChI is InChI=1S/C20H17ClFN3O2/c1-27-19-5-3-2-4-13(19)11-24-16-8-14(10-23-12-16)20(26)25-15-6-7-18(22)17(21)9-15/h2-10,12,24H,11H2,1H3,(H,25,26). The number of methoxy groups -OCH3 is 1. The van der Waals surface area contributed by atoms with Gasteiger partial charge in [0, 0.05) is 30.2 Å². The molecule has 3 rings (SSSR count). The van der Waals surface area contributed by atoms with Crippen molar-refractivity contribution in [3.05, 3.63) is 82.9 Å². The van der Waals surface area contributed by atoms with Gasteiger partial charge in [-0.1, -0.05) is 29.8 Å². The van der Waals surface area contributed by atoms with Crippen molar-refractivity contribution in [2.75, 3.05) is 17.7 Å². The Labute approximate surface area is 161 Å². The number of pyridine rings is 1. The van der Waals surface area contributed by atoms with Crippen LogP contribution in [0.3, 0.4) is 0 Å². The van der Waals surface area contributed by atoms with Crippen LogP contribution in [0.15, 0.2) is 60.9 Å². The van der Waals surface area contributed by atoms with E-state index in [-0.39, 0.29) is 10.9 Å². The highest BCUT2D eigenvalue weighted by atomic mass is 35.5. The van der Waals surface area contributed by atoms with Crippen molar-refractivity contribution in [2.24, 2.45) is 0 Å². The molecule has 0 bridgehead atoms. The highest BCUT2D eigenvalue weighted by molar-refractivity contribution is 6.31. The molecule has 0 radical (unpaired) electrons. The second kappa shape index (κ2) is 8.51. The molecule has 0 aliphatic rings. The Bertz CT molecular complexity index is 965. The summed E-state index contributed by atoms with van der Waals surface area (Å²) in [7, 11) is 1.62. The number of ether oxygens (including phenoxy) is 1. The molecule has 5 nitrogen and oxygen atoms in total. The molecule has 2 N–H and O–H groups in total. The third-order valence-corrected chi connectivity index (χ3v) is 4.14. The van der Waals surface area contributed by atoms with Gasteiger partial charge in [-0.05, 0) is 30.3 Å². The van der Waals surface area contributed by atoms with Gasteiger partial charge in [0.15, 0.2) is 0 Å². The first-order chi connectivity index (χ1) is 13.1. The van der Waals surface area contributed by atoms with Crippen molar-refractivity contribution in [2.45, 2.75) is 6.54 Å².